The van der Waals surface area contributed by atoms with Gasteiger partial charge in [-0.1, -0.05) is 44.2 Å². The maximum absolute atomic E-state index is 12.2. The van der Waals surface area contributed by atoms with Crippen LogP contribution in [0, 0.1) is 5.92 Å². The van der Waals surface area contributed by atoms with Crippen molar-refractivity contribution >= 4 is 30.7 Å². The molecular formula is C17H29Cl2N3O2. The highest BCUT2D eigenvalue weighted by molar-refractivity contribution is 5.85. The molecule has 7 heteroatoms. The summed E-state index contributed by atoms with van der Waals surface area (Å²) in [6.45, 7) is 7.45. The smallest absolute Gasteiger partial charge is 0.239 e. The van der Waals surface area contributed by atoms with Gasteiger partial charge in [-0.3, -0.25) is 9.69 Å². The van der Waals surface area contributed by atoms with Gasteiger partial charge in [0.05, 0.1) is 12.1 Å². The molecule has 138 valence electrons. The van der Waals surface area contributed by atoms with E-state index in [9.17, 15) is 9.90 Å². The first-order valence-corrected chi connectivity index (χ1v) is 7.98. The number of carbonyl (C=O) groups is 1. The Labute approximate surface area is 157 Å². The second-order valence-electron chi connectivity index (χ2n) is 6.32. The Morgan fingerprint density at radius 2 is 1.67 bits per heavy atom. The normalized spacial score (nSPS) is 17.6. The molecule has 1 saturated heterocycles. The third-order valence-corrected chi connectivity index (χ3v) is 4.30. The fourth-order valence-corrected chi connectivity index (χ4v) is 2.67. The molecule has 1 amide bonds. The zero-order valence-electron chi connectivity index (χ0n) is 14.3. The van der Waals surface area contributed by atoms with Crippen molar-refractivity contribution in [1.82, 2.24) is 9.80 Å². The molecule has 1 fully saturated rings. The number of β-amino-alcohol motifs (C(OH)–C–C–N with tert-alkyl or cyclic N) is 1. The van der Waals surface area contributed by atoms with Gasteiger partial charge >= 0.3 is 0 Å². The predicted octanol–water partition coefficient (Wildman–Crippen LogP) is 1.69. The fourth-order valence-electron chi connectivity index (χ4n) is 2.67. The first-order chi connectivity index (χ1) is 10.5. The van der Waals surface area contributed by atoms with Gasteiger partial charge in [0, 0.05) is 32.7 Å². The molecule has 1 aliphatic heterocycles. The summed E-state index contributed by atoms with van der Waals surface area (Å²) >= 11 is 0. The Morgan fingerprint density at radius 1 is 1.12 bits per heavy atom. The van der Waals surface area contributed by atoms with Crippen LogP contribution in [-0.4, -0.2) is 59.6 Å². The molecule has 0 aliphatic carbocycles. The minimum Gasteiger partial charge on any atom is -0.387 e. The molecule has 3 N–H and O–H groups in total. The summed E-state index contributed by atoms with van der Waals surface area (Å²) in [6, 6.07) is 9.27. The van der Waals surface area contributed by atoms with E-state index < -0.39 is 12.1 Å². The first-order valence-electron chi connectivity index (χ1n) is 7.98. The third-order valence-electron chi connectivity index (χ3n) is 4.30. The van der Waals surface area contributed by atoms with Crippen molar-refractivity contribution in [2.45, 2.75) is 26.0 Å². The zero-order chi connectivity index (χ0) is 16.1. The molecule has 0 bridgehead atoms. The molecule has 2 rings (SSSR count). The van der Waals surface area contributed by atoms with Gasteiger partial charge in [-0.2, -0.15) is 0 Å². The number of aliphatic hydroxyl groups excluding tert-OH is 1. The van der Waals surface area contributed by atoms with E-state index in [4.69, 9.17) is 5.73 Å². The van der Waals surface area contributed by atoms with Gasteiger partial charge in [0.2, 0.25) is 5.91 Å². The van der Waals surface area contributed by atoms with E-state index in [0.717, 1.165) is 18.7 Å². The van der Waals surface area contributed by atoms with Crippen molar-refractivity contribution in [2.75, 3.05) is 32.7 Å². The third kappa shape index (κ3) is 6.22. The molecule has 24 heavy (non-hydrogen) atoms. The fraction of sp³-hybridized carbons (Fsp3) is 0.588. The van der Waals surface area contributed by atoms with Crippen molar-refractivity contribution < 1.29 is 9.90 Å². The lowest BCUT2D eigenvalue weighted by Gasteiger charge is -2.37. The summed E-state index contributed by atoms with van der Waals surface area (Å²) in [4.78, 5) is 16.3. The van der Waals surface area contributed by atoms with Crippen LogP contribution in [0.3, 0.4) is 0 Å². The Morgan fingerprint density at radius 3 is 2.17 bits per heavy atom. The monoisotopic (exact) mass is 377 g/mol. The largest absolute Gasteiger partial charge is 0.387 e. The van der Waals surface area contributed by atoms with E-state index >= 15 is 0 Å². The number of hydrogen-bond donors (Lipinski definition) is 2. The van der Waals surface area contributed by atoms with Crippen LogP contribution in [0.15, 0.2) is 30.3 Å². The Bertz CT molecular complexity index is 480. The first kappa shape index (κ1) is 23.1. The van der Waals surface area contributed by atoms with Crippen molar-refractivity contribution in [3.05, 3.63) is 35.9 Å². The van der Waals surface area contributed by atoms with E-state index in [-0.39, 0.29) is 36.6 Å². The van der Waals surface area contributed by atoms with Crippen LogP contribution < -0.4 is 5.73 Å². The number of hydrogen-bond acceptors (Lipinski definition) is 4. The molecule has 1 aliphatic rings. The zero-order valence-corrected chi connectivity index (χ0v) is 15.9. The molecule has 1 aromatic carbocycles. The van der Waals surface area contributed by atoms with Crippen LogP contribution in [0.4, 0.5) is 0 Å². The number of nitrogens with zero attached hydrogens (tertiary/aromatic N) is 2. The van der Waals surface area contributed by atoms with Crippen LogP contribution in [0.1, 0.15) is 25.5 Å². The van der Waals surface area contributed by atoms with Gasteiger partial charge in [-0.25, -0.2) is 0 Å². The average Bonchev–Trinajstić information content (AvgIpc) is 2.55. The van der Waals surface area contributed by atoms with Crippen molar-refractivity contribution in [2.24, 2.45) is 11.7 Å². The summed E-state index contributed by atoms with van der Waals surface area (Å²) in [7, 11) is 0. The van der Waals surface area contributed by atoms with Crippen molar-refractivity contribution in [3.8, 4) is 0 Å². The van der Waals surface area contributed by atoms with Crippen LogP contribution in [-0.2, 0) is 4.79 Å². The summed E-state index contributed by atoms with van der Waals surface area (Å²) in [5.74, 6) is 0.198. The Kier molecular flexibility index (Phi) is 10.5. The van der Waals surface area contributed by atoms with Gasteiger partial charge in [0.1, 0.15) is 0 Å². The van der Waals surface area contributed by atoms with Gasteiger partial charge in [0.15, 0.2) is 0 Å². The number of amides is 1. The van der Waals surface area contributed by atoms with Crippen LogP contribution in [0.5, 0.6) is 0 Å². The minimum absolute atomic E-state index is 0. The number of halogens is 2. The molecule has 1 aromatic rings. The SMILES string of the molecule is CC(C)[C@H](N)C(=O)N1CCN(CC(O)c2ccccc2)CC1.Cl.Cl. The highest BCUT2D eigenvalue weighted by atomic mass is 35.5. The highest BCUT2D eigenvalue weighted by Crippen LogP contribution is 2.15. The maximum Gasteiger partial charge on any atom is 0.239 e. The summed E-state index contributed by atoms with van der Waals surface area (Å²) in [5, 5.41) is 10.3. The van der Waals surface area contributed by atoms with E-state index in [1.807, 2.05) is 49.1 Å². The number of aliphatic hydroxyl groups is 1. The van der Waals surface area contributed by atoms with Crippen molar-refractivity contribution in [3.63, 3.8) is 0 Å². The van der Waals surface area contributed by atoms with E-state index in [2.05, 4.69) is 4.90 Å². The average molecular weight is 378 g/mol. The summed E-state index contributed by atoms with van der Waals surface area (Å²) < 4.78 is 0. The Hall–Kier alpha value is -0.850. The lowest BCUT2D eigenvalue weighted by Crippen LogP contribution is -2.54. The van der Waals surface area contributed by atoms with Gasteiger partial charge in [-0.15, -0.1) is 24.8 Å². The molecule has 0 aromatic heterocycles. The molecule has 0 radical (unpaired) electrons. The lowest BCUT2D eigenvalue weighted by molar-refractivity contribution is -0.135. The number of nitrogens with two attached hydrogens (primary N) is 1. The number of piperazine rings is 1. The second kappa shape index (κ2) is 10.9. The molecule has 2 atom stereocenters. The van der Waals surface area contributed by atoms with Gasteiger partial charge in [0.25, 0.3) is 0 Å². The second-order valence-corrected chi connectivity index (χ2v) is 6.32. The van der Waals surface area contributed by atoms with E-state index in [0.29, 0.717) is 19.6 Å². The quantitative estimate of drug-likeness (QED) is 0.818. The van der Waals surface area contributed by atoms with E-state index in [1.165, 1.54) is 0 Å². The van der Waals surface area contributed by atoms with E-state index in [1.54, 1.807) is 0 Å². The number of rotatable bonds is 5. The molecule has 1 unspecified atom stereocenters. The molecular weight excluding hydrogens is 349 g/mol. The van der Waals surface area contributed by atoms with Crippen LogP contribution >= 0.6 is 24.8 Å². The van der Waals surface area contributed by atoms with Crippen molar-refractivity contribution in [1.29, 1.82) is 0 Å². The highest BCUT2D eigenvalue weighted by Gasteiger charge is 2.27. The van der Waals surface area contributed by atoms with Gasteiger partial charge < -0.3 is 15.7 Å². The molecule has 0 saturated carbocycles. The lowest BCUT2D eigenvalue weighted by atomic mass is 10.0. The summed E-state index contributed by atoms with van der Waals surface area (Å²) in [6.07, 6.45) is -0.485. The standard InChI is InChI=1S/C17H27N3O2.2ClH/c1-13(2)16(18)17(22)20-10-8-19(9-11-20)12-15(21)14-6-4-3-5-7-14;;/h3-7,13,15-16,21H,8-12,18H2,1-2H3;2*1H/t15?,16-;;/m0../s1. The Balaban J connectivity index is 0.00000264. The molecule has 1 heterocycles. The topological polar surface area (TPSA) is 69.8 Å². The van der Waals surface area contributed by atoms with Crippen LogP contribution in [0.25, 0.3) is 0 Å². The summed E-state index contributed by atoms with van der Waals surface area (Å²) in [5.41, 5.74) is 6.87. The van der Waals surface area contributed by atoms with Gasteiger partial charge in [-0.05, 0) is 11.5 Å². The number of benzene rings is 1. The van der Waals surface area contributed by atoms with Crippen LogP contribution in [0.2, 0.25) is 0 Å². The molecule has 5 nitrogen and oxygen atoms in total. The number of carbonyl (C=O) groups excluding carboxylic acids is 1. The predicted molar refractivity (Wildman–Crippen MR) is 102 cm³/mol. The molecule has 0 spiro atoms. The maximum atomic E-state index is 12.2. The minimum atomic E-state index is -0.485.